The third kappa shape index (κ3) is 3.13. The number of nitrogens with zero attached hydrogens (tertiary/aromatic N) is 1. The second-order valence-corrected chi connectivity index (χ2v) is 7.07. The van der Waals surface area contributed by atoms with Crippen LogP contribution in [0.2, 0.25) is 0 Å². The SMILES string of the molecule is O=C(OCc1ccccc1)N1C2CCC1CC(F)(c1ccccc1)C2. The van der Waals surface area contributed by atoms with Crippen LogP contribution < -0.4 is 0 Å². The molecule has 0 spiro atoms. The number of carbonyl (C=O) groups excluding carboxylic acids is 1. The Kier molecular flexibility index (Phi) is 4.20. The molecule has 2 aliphatic rings. The topological polar surface area (TPSA) is 29.5 Å². The molecule has 25 heavy (non-hydrogen) atoms. The lowest BCUT2D eigenvalue weighted by molar-refractivity contribution is 0.00215. The van der Waals surface area contributed by atoms with Gasteiger partial charge in [0, 0.05) is 24.9 Å². The molecule has 2 aliphatic heterocycles. The minimum Gasteiger partial charge on any atom is -0.445 e. The van der Waals surface area contributed by atoms with Gasteiger partial charge in [-0.25, -0.2) is 9.18 Å². The number of piperidine rings is 1. The largest absolute Gasteiger partial charge is 0.445 e. The summed E-state index contributed by atoms with van der Waals surface area (Å²) in [7, 11) is 0. The Morgan fingerprint density at radius 1 is 1.00 bits per heavy atom. The monoisotopic (exact) mass is 339 g/mol. The minimum absolute atomic E-state index is 0.0766. The Hall–Kier alpha value is -2.36. The first-order valence-corrected chi connectivity index (χ1v) is 8.89. The van der Waals surface area contributed by atoms with Gasteiger partial charge in [0.15, 0.2) is 0 Å². The zero-order chi connectivity index (χ0) is 17.3. The lowest BCUT2D eigenvalue weighted by Gasteiger charge is -2.41. The molecule has 2 atom stereocenters. The van der Waals surface area contributed by atoms with Crippen molar-refractivity contribution in [2.24, 2.45) is 0 Å². The average Bonchev–Trinajstić information content (AvgIpc) is 2.93. The van der Waals surface area contributed by atoms with Crippen LogP contribution in [0.1, 0.15) is 36.8 Å². The fraction of sp³-hybridized carbons (Fsp3) is 0.381. The van der Waals surface area contributed by atoms with E-state index in [4.69, 9.17) is 4.74 Å². The molecule has 3 nitrogen and oxygen atoms in total. The highest BCUT2D eigenvalue weighted by molar-refractivity contribution is 5.69. The Balaban J connectivity index is 1.44. The molecule has 0 radical (unpaired) electrons. The standard InChI is InChI=1S/C21H22FNO2/c22-21(17-9-5-2-6-10-17)13-18-11-12-19(14-21)23(18)20(24)25-15-16-7-3-1-4-8-16/h1-10,18-19H,11-15H2. The molecule has 0 aromatic heterocycles. The van der Waals surface area contributed by atoms with E-state index in [-0.39, 0.29) is 24.8 Å². The van der Waals surface area contributed by atoms with E-state index in [1.165, 1.54) is 0 Å². The van der Waals surface area contributed by atoms with E-state index < -0.39 is 5.67 Å². The normalized spacial score (nSPS) is 28.0. The number of alkyl halides is 1. The zero-order valence-electron chi connectivity index (χ0n) is 14.1. The van der Waals surface area contributed by atoms with Crippen molar-refractivity contribution in [1.29, 1.82) is 0 Å². The maximum absolute atomic E-state index is 15.6. The van der Waals surface area contributed by atoms with Crippen LogP contribution in [0.3, 0.4) is 0 Å². The molecule has 4 heteroatoms. The highest BCUT2D eigenvalue weighted by atomic mass is 19.1. The summed E-state index contributed by atoms with van der Waals surface area (Å²) in [4.78, 5) is 14.3. The number of halogens is 1. The summed E-state index contributed by atoms with van der Waals surface area (Å²) in [5.74, 6) is 0. The second kappa shape index (κ2) is 6.51. The molecule has 2 aromatic carbocycles. The molecule has 0 N–H and O–H groups in total. The van der Waals surface area contributed by atoms with Gasteiger partial charge in [0.05, 0.1) is 0 Å². The van der Waals surface area contributed by atoms with Gasteiger partial charge in [-0.3, -0.25) is 0 Å². The summed E-state index contributed by atoms with van der Waals surface area (Å²) in [6, 6.07) is 18.8. The lowest BCUT2D eigenvalue weighted by atomic mass is 9.82. The van der Waals surface area contributed by atoms with Gasteiger partial charge >= 0.3 is 6.09 Å². The molecule has 2 saturated heterocycles. The number of rotatable bonds is 3. The van der Waals surface area contributed by atoms with Crippen LogP contribution in [0.15, 0.2) is 60.7 Å². The fourth-order valence-corrected chi connectivity index (χ4v) is 4.26. The van der Waals surface area contributed by atoms with E-state index in [2.05, 4.69) is 0 Å². The summed E-state index contributed by atoms with van der Waals surface area (Å²) < 4.78 is 21.0. The summed E-state index contributed by atoms with van der Waals surface area (Å²) in [6.07, 6.45) is 2.10. The van der Waals surface area contributed by atoms with Crippen molar-refractivity contribution >= 4 is 6.09 Å². The first-order chi connectivity index (χ1) is 12.2. The van der Waals surface area contributed by atoms with Crippen LogP contribution in [0.25, 0.3) is 0 Å². The average molecular weight is 339 g/mol. The van der Waals surface area contributed by atoms with Gasteiger partial charge in [0.25, 0.3) is 0 Å². The molecular formula is C21H22FNO2. The molecule has 0 aliphatic carbocycles. The highest BCUT2D eigenvalue weighted by Crippen LogP contribution is 2.48. The quantitative estimate of drug-likeness (QED) is 0.803. The number of carbonyl (C=O) groups is 1. The van der Waals surface area contributed by atoms with Crippen LogP contribution in [0.5, 0.6) is 0 Å². The summed E-state index contributed by atoms with van der Waals surface area (Å²) >= 11 is 0. The van der Waals surface area contributed by atoms with Crippen molar-refractivity contribution in [2.45, 2.75) is 50.0 Å². The maximum Gasteiger partial charge on any atom is 0.410 e. The Morgan fingerprint density at radius 3 is 2.16 bits per heavy atom. The number of hydrogen-bond acceptors (Lipinski definition) is 2. The first kappa shape index (κ1) is 16.1. The van der Waals surface area contributed by atoms with Crippen molar-refractivity contribution < 1.29 is 13.9 Å². The van der Waals surface area contributed by atoms with Gasteiger partial charge in [0.2, 0.25) is 0 Å². The molecule has 2 fully saturated rings. The van der Waals surface area contributed by atoms with Crippen molar-refractivity contribution in [3.8, 4) is 0 Å². The Morgan fingerprint density at radius 2 is 1.56 bits per heavy atom. The van der Waals surface area contributed by atoms with E-state index in [0.717, 1.165) is 24.0 Å². The minimum atomic E-state index is -1.34. The van der Waals surface area contributed by atoms with E-state index in [9.17, 15) is 4.79 Å². The number of benzene rings is 2. The number of ether oxygens (including phenoxy) is 1. The van der Waals surface area contributed by atoms with Gasteiger partial charge in [0.1, 0.15) is 12.3 Å². The van der Waals surface area contributed by atoms with Crippen LogP contribution >= 0.6 is 0 Å². The van der Waals surface area contributed by atoms with Crippen molar-refractivity contribution in [3.63, 3.8) is 0 Å². The molecule has 2 heterocycles. The van der Waals surface area contributed by atoms with Gasteiger partial charge in [-0.1, -0.05) is 60.7 Å². The molecule has 2 bridgehead atoms. The molecule has 2 aromatic rings. The van der Waals surface area contributed by atoms with Crippen LogP contribution in [0.4, 0.5) is 9.18 Å². The van der Waals surface area contributed by atoms with E-state index in [0.29, 0.717) is 12.8 Å². The van der Waals surface area contributed by atoms with Crippen LogP contribution in [-0.2, 0) is 17.0 Å². The maximum atomic E-state index is 15.6. The van der Waals surface area contributed by atoms with Crippen molar-refractivity contribution in [1.82, 2.24) is 4.90 Å². The Bertz CT molecular complexity index is 720. The predicted molar refractivity (Wildman–Crippen MR) is 93.7 cm³/mol. The summed E-state index contributed by atoms with van der Waals surface area (Å²) in [6.45, 7) is 0.259. The molecule has 0 saturated carbocycles. The van der Waals surface area contributed by atoms with Gasteiger partial charge in [-0.2, -0.15) is 0 Å². The van der Waals surface area contributed by atoms with Crippen LogP contribution in [-0.4, -0.2) is 23.1 Å². The van der Waals surface area contributed by atoms with Gasteiger partial charge in [-0.05, 0) is 24.0 Å². The van der Waals surface area contributed by atoms with Crippen molar-refractivity contribution in [3.05, 3.63) is 71.8 Å². The number of hydrogen-bond donors (Lipinski definition) is 0. The zero-order valence-corrected chi connectivity index (χ0v) is 14.1. The predicted octanol–water partition coefficient (Wildman–Crippen LogP) is 4.82. The van der Waals surface area contributed by atoms with Gasteiger partial charge < -0.3 is 9.64 Å². The molecule has 1 amide bonds. The first-order valence-electron chi connectivity index (χ1n) is 8.89. The summed E-state index contributed by atoms with van der Waals surface area (Å²) in [5, 5.41) is 0. The molecule has 130 valence electrons. The van der Waals surface area contributed by atoms with Gasteiger partial charge in [-0.15, -0.1) is 0 Å². The fourth-order valence-electron chi connectivity index (χ4n) is 4.26. The van der Waals surface area contributed by atoms with E-state index in [1.807, 2.05) is 60.7 Å². The third-order valence-electron chi connectivity index (χ3n) is 5.45. The van der Waals surface area contributed by atoms with Crippen molar-refractivity contribution in [2.75, 3.05) is 0 Å². The molecule has 2 unspecified atom stereocenters. The van der Waals surface area contributed by atoms with Crippen LogP contribution in [0, 0.1) is 0 Å². The summed E-state index contributed by atoms with van der Waals surface area (Å²) in [5.41, 5.74) is 0.345. The lowest BCUT2D eigenvalue weighted by Crippen LogP contribution is -2.50. The third-order valence-corrected chi connectivity index (χ3v) is 5.45. The highest BCUT2D eigenvalue weighted by Gasteiger charge is 2.51. The van der Waals surface area contributed by atoms with E-state index in [1.54, 1.807) is 4.90 Å². The second-order valence-electron chi connectivity index (χ2n) is 7.07. The van der Waals surface area contributed by atoms with E-state index >= 15 is 4.39 Å². The molecular weight excluding hydrogens is 317 g/mol. The smallest absolute Gasteiger partial charge is 0.410 e. The number of amides is 1. The molecule has 4 rings (SSSR count). The number of fused-ring (bicyclic) bond motifs is 2. The Labute approximate surface area is 147 Å².